The smallest absolute Gasteiger partial charge is 0.411 e. The maximum Gasteiger partial charge on any atom is 0.411 e. The summed E-state index contributed by atoms with van der Waals surface area (Å²) < 4.78 is 11.1. The van der Waals surface area contributed by atoms with E-state index in [1.54, 1.807) is 4.90 Å². The molecule has 0 bridgehead atoms. The summed E-state index contributed by atoms with van der Waals surface area (Å²) in [6.07, 6.45) is -0.261. The van der Waals surface area contributed by atoms with Gasteiger partial charge in [-0.15, -0.1) is 0 Å². The first-order valence-corrected chi connectivity index (χ1v) is 7.49. The molecule has 1 aromatic carbocycles. The molecule has 0 N–H and O–H groups in total. The summed E-state index contributed by atoms with van der Waals surface area (Å²) in [4.78, 5) is 14.1. The molecule has 116 valence electrons. The van der Waals surface area contributed by atoms with E-state index in [1.807, 2.05) is 40.7 Å². The maximum absolute atomic E-state index is 12.3. The van der Waals surface area contributed by atoms with Crippen LogP contribution < -0.4 is 4.74 Å². The first-order valence-electron chi connectivity index (χ1n) is 7.49. The molecule has 0 unspecified atom stereocenters. The van der Waals surface area contributed by atoms with Crippen molar-refractivity contribution in [1.29, 1.82) is 0 Å². The van der Waals surface area contributed by atoms with E-state index in [4.69, 9.17) is 9.47 Å². The Hall–Kier alpha value is -1.71. The molecule has 0 aromatic heterocycles. The normalized spacial score (nSPS) is 17.6. The van der Waals surface area contributed by atoms with Gasteiger partial charge in [0.2, 0.25) is 0 Å². The van der Waals surface area contributed by atoms with Crippen LogP contribution in [0.4, 0.5) is 4.79 Å². The van der Waals surface area contributed by atoms with E-state index < -0.39 is 5.60 Å². The fraction of sp³-hybridized carbons (Fsp3) is 0.588. The summed E-state index contributed by atoms with van der Waals surface area (Å²) >= 11 is 0. The number of nitrogens with zero attached hydrogens (tertiary/aromatic N) is 1. The summed E-state index contributed by atoms with van der Waals surface area (Å²) in [7, 11) is 0. The number of benzene rings is 1. The molecule has 0 aliphatic carbocycles. The number of carbonyl (C=O) groups is 1. The lowest BCUT2D eigenvalue weighted by atomic mass is 10.0. The predicted molar refractivity (Wildman–Crippen MR) is 82.5 cm³/mol. The molecule has 0 radical (unpaired) electrons. The van der Waals surface area contributed by atoms with Gasteiger partial charge in [0.05, 0.1) is 19.2 Å². The van der Waals surface area contributed by atoms with Gasteiger partial charge in [-0.25, -0.2) is 4.79 Å². The Labute approximate surface area is 127 Å². The van der Waals surface area contributed by atoms with Crippen molar-refractivity contribution in [3.8, 4) is 5.75 Å². The van der Waals surface area contributed by atoms with Crippen LogP contribution in [0.25, 0.3) is 0 Å². The van der Waals surface area contributed by atoms with Crippen LogP contribution in [0.5, 0.6) is 5.75 Å². The standard InChI is InChI=1S/C17H25NO3/c1-7-20-15-9-8-13-12(3)18(10-14(13)11(15)2)16(19)21-17(4,5)6/h8-9,12H,7,10H2,1-6H3/t12-/m0/s1. The van der Waals surface area contributed by atoms with Gasteiger partial charge < -0.3 is 9.47 Å². The van der Waals surface area contributed by atoms with Crippen molar-refractivity contribution in [2.75, 3.05) is 6.61 Å². The van der Waals surface area contributed by atoms with Crippen LogP contribution in [0.3, 0.4) is 0 Å². The number of rotatable bonds is 2. The van der Waals surface area contributed by atoms with Crippen molar-refractivity contribution in [2.45, 2.75) is 59.7 Å². The average molecular weight is 291 g/mol. The maximum atomic E-state index is 12.3. The van der Waals surface area contributed by atoms with E-state index in [2.05, 4.69) is 13.0 Å². The molecule has 1 amide bonds. The van der Waals surface area contributed by atoms with Crippen molar-refractivity contribution in [1.82, 2.24) is 4.90 Å². The lowest BCUT2D eigenvalue weighted by molar-refractivity contribution is 0.0187. The van der Waals surface area contributed by atoms with Gasteiger partial charge in [-0.2, -0.15) is 0 Å². The zero-order chi connectivity index (χ0) is 15.8. The molecular weight excluding hydrogens is 266 g/mol. The SMILES string of the molecule is CCOc1ccc2c(c1C)CN(C(=O)OC(C)(C)C)[C@H]2C. The fourth-order valence-corrected chi connectivity index (χ4v) is 2.69. The van der Waals surface area contributed by atoms with Crippen LogP contribution in [-0.2, 0) is 11.3 Å². The van der Waals surface area contributed by atoms with Gasteiger partial charge in [0.25, 0.3) is 0 Å². The minimum absolute atomic E-state index is 0.0317. The highest BCUT2D eigenvalue weighted by Crippen LogP contribution is 2.39. The fourth-order valence-electron chi connectivity index (χ4n) is 2.69. The molecule has 4 heteroatoms. The molecule has 2 rings (SSSR count). The van der Waals surface area contributed by atoms with E-state index >= 15 is 0 Å². The third-order valence-electron chi connectivity index (χ3n) is 3.76. The first-order chi connectivity index (χ1) is 9.74. The minimum atomic E-state index is -0.475. The zero-order valence-corrected chi connectivity index (χ0v) is 13.8. The highest BCUT2D eigenvalue weighted by molar-refractivity contribution is 5.70. The summed E-state index contributed by atoms with van der Waals surface area (Å²) in [5.41, 5.74) is 3.00. The summed E-state index contributed by atoms with van der Waals surface area (Å²) in [5, 5.41) is 0. The Morgan fingerprint density at radius 3 is 2.62 bits per heavy atom. The van der Waals surface area contributed by atoms with E-state index in [-0.39, 0.29) is 12.1 Å². The van der Waals surface area contributed by atoms with E-state index in [0.717, 1.165) is 11.3 Å². The molecule has 1 heterocycles. The largest absolute Gasteiger partial charge is 0.494 e. The lowest BCUT2D eigenvalue weighted by Gasteiger charge is -2.27. The molecule has 4 nitrogen and oxygen atoms in total. The van der Waals surface area contributed by atoms with Crippen molar-refractivity contribution in [3.05, 3.63) is 28.8 Å². The Morgan fingerprint density at radius 1 is 1.38 bits per heavy atom. The highest BCUT2D eigenvalue weighted by atomic mass is 16.6. The lowest BCUT2D eigenvalue weighted by Crippen LogP contribution is -2.35. The zero-order valence-electron chi connectivity index (χ0n) is 13.8. The number of ether oxygens (including phenoxy) is 2. The van der Waals surface area contributed by atoms with Crippen molar-refractivity contribution < 1.29 is 14.3 Å². The number of carbonyl (C=O) groups excluding carboxylic acids is 1. The van der Waals surface area contributed by atoms with Crippen molar-refractivity contribution >= 4 is 6.09 Å². The molecule has 0 saturated carbocycles. The Balaban J connectivity index is 2.25. The van der Waals surface area contributed by atoms with Crippen LogP contribution in [0.1, 0.15) is 57.4 Å². The van der Waals surface area contributed by atoms with Gasteiger partial charge in [0, 0.05) is 0 Å². The Kier molecular flexibility index (Phi) is 4.17. The van der Waals surface area contributed by atoms with Gasteiger partial charge >= 0.3 is 6.09 Å². The topological polar surface area (TPSA) is 38.8 Å². The Bertz CT molecular complexity index is 546. The number of fused-ring (bicyclic) bond motifs is 1. The van der Waals surface area contributed by atoms with Gasteiger partial charge in [-0.3, -0.25) is 4.90 Å². The summed E-state index contributed by atoms with van der Waals surface area (Å²) in [6, 6.07) is 4.08. The predicted octanol–water partition coefficient (Wildman–Crippen LogP) is 4.21. The minimum Gasteiger partial charge on any atom is -0.494 e. The van der Waals surface area contributed by atoms with Crippen molar-refractivity contribution in [2.24, 2.45) is 0 Å². The van der Waals surface area contributed by atoms with Gasteiger partial charge in [0.15, 0.2) is 0 Å². The van der Waals surface area contributed by atoms with Crippen LogP contribution in [0.15, 0.2) is 12.1 Å². The van der Waals surface area contributed by atoms with Crippen LogP contribution >= 0.6 is 0 Å². The number of hydrogen-bond acceptors (Lipinski definition) is 3. The molecule has 1 aliphatic rings. The molecule has 21 heavy (non-hydrogen) atoms. The molecule has 1 atom stereocenters. The van der Waals surface area contributed by atoms with Crippen LogP contribution in [-0.4, -0.2) is 23.2 Å². The van der Waals surface area contributed by atoms with Gasteiger partial charge in [-0.1, -0.05) is 6.07 Å². The second kappa shape index (κ2) is 5.58. The second-order valence-electron chi connectivity index (χ2n) is 6.47. The molecular formula is C17H25NO3. The molecule has 1 aliphatic heterocycles. The van der Waals surface area contributed by atoms with E-state index in [0.29, 0.717) is 13.2 Å². The number of hydrogen-bond donors (Lipinski definition) is 0. The van der Waals surface area contributed by atoms with E-state index in [1.165, 1.54) is 11.1 Å². The summed E-state index contributed by atoms with van der Waals surface area (Å²) in [5.74, 6) is 0.898. The van der Waals surface area contributed by atoms with Crippen molar-refractivity contribution in [3.63, 3.8) is 0 Å². The average Bonchev–Trinajstić information content (AvgIpc) is 2.69. The second-order valence-corrected chi connectivity index (χ2v) is 6.47. The molecule has 0 spiro atoms. The van der Waals surface area contributed by atoms with Gasteiger partial charge in [0.1, 0.15) is 11.4 Å². The van der Waals surface area contributed by atoms with Crippen LogP contribution in [0.2, 0.25) is 0 Å². The monoisotopic (exact) mass is 291 g/mol. The first kappa shape index (κ1) is 15.7. The number of amides is 1. The van der Waals surface area contributed by atoms with E-state index in [9.17, 15) is 4.79 Å². The third-order valence-corrected chi connectivity index (χ3v) is 3.76. The molecule has 1 aromatic rings. The third kappa shape index (κ3) is 3.14. The molecule has 0 saturated heterocycles. The molecule has 0 fully saturated rings. The highest BCUT2D eigenvalue weighted by Gasteiger charge is 2.34. The Morgan fingerprint density at radius 2 is 2.05 bits per heavy atom. The van der Waals surface area contributed by atoms with Crippen LogP contribution in [0, 0.1) is 6.92 Å². The quantitative estimate of drug-likeness (QED) is 0.819. The summed E-state index contributed by atoms with van der Waals surface area (Å²) in [6.45, 7) is 12.9. The van der Waals surface area contributed by atoms with Gasteiger partial charge in [-0.05, 0) is 64.3 Å².